The minimum Gasteiger partial charge on any atom is -0.376 e. The molecule has 0 aromatic heterocycles. The van der Waals surface area contributed by atoms with Crippen LogP contribution in [0.25, 0.3) is 0 Å². The summed E-state index contributed by atoms with van der Waals surface area (Å²) in [6, 6.07) is 10.0. The van der Waals surface area contributed by atoms with Crippen LogP contribution in [-0.4, -0.2) is 17.4 Å². The second kappa shape index (κ2) is 7.11. The normalized spacial score (nSPS) is 10.2. The number of halogens is 1. The van der Waals surface area contributed by atoms with Crippen molar-refractivity contribution in [2.45, 2.75) is 13.8 Å². The van der Waals surface area contributed by atoms with Crippen molar-refractivity contribution in [2.75, 3.05) is 17.2 Å². The quantitative estimate of drug-likeness (QED) is 0.641. The number of hydrogen-bond acceptors (Lipinski definition) is 4. The van der Waals surface area contributed by atoms with Gasteiger partial charge in [-0.05, 0) is 37.6 Å². The zero-order chi connectivity index (χ0) is 17.0. The molecular formula is C16H16ClN3O3. The first-order chi connectivity index (χ1) is 10.9. The number of rotatable bonds is 5. The van der Waals surface area contributed by atoms with Gasteiger partial charge in [0.2, 0.25) is 5.91 Å². The summed E-state index contributed by atoms with van der Waals surface area (Å²) in [5, 5.41) is 16.5. The molecule has 0 aliphatic rings. The number of hydrogen-bond donors (Lipinski definition) is 2. The van der Waals surface area contributed by atoms with Crippen LogP contribution in [0.3, 0.4) is 0 Å². The lowest BCUT2D eigenvalue weighted by Crippen LogP contribution is -2.22. The van der Waals surface area contributed by atoms with Crippen LogP contribution < -0.4 is 10.6 Å². The van der Waals surface area contributed by atoms with E-state index in [1.807, 2.05) is 32.0 Å². The van der Waals surface area contributed by atoms with E-state index in [1.165, 1.54) is 12.1 Å². The topological polar surface area (TPSA) is 84.3 Å². The van der Waals surface area contributed by atoms with Gasteiger partial charge in [0.25, 0.3) is 5.69 Å². The molecule has 120 valence electrons. The van der Waals surface area contributed by atoms with Gasteiger partial charge in [0.1, 0.15) is 5.02 Å². The standard InChI is InChI=1S/C16H16ClN3O3/c1-10-3-6-14(11(2)7-10)19-16(21)9-18-12-4-5-13(17)15(8-12)20(22)23/h3-8,18H,9H2,1-2H3,(H,19,21). The number of nitrogens with one attached hydrogen (secondary N) is 2. The molecule has 2 rings (SSSR count). The maximum atomic E-state index is 12.0. The van der Waals surface area contributed by atoms with E-state index in [1.54, 1.807) is 6.07 Å². The molecule has 0 bridgehead atoms. The molecule has 0 atom stereocenters. The van der Waals surface area contributed by atoms with E-state index in [9.17, 15) is 14.9 Å². The van der Waals surface area contributed by atoms with Gasteiger partial charge in [-0.15, -0.1) is 0 Å². The fraction of sp³-hybridized carbons (Fsp3) is 0.188. The zero-order valence-electron chi connectivity index (χ0n) is 12.7. The summed E-state index contributed by atoms with van der Waals surface area (Å²) in [6.07, 6.45) is 0. The molecule has 1 amide bonds. The summed E-state index contributed by atoms with van der Waals surface area (Å²) in [7, 11) is 0. The number of carbonyl (C=O) groups excluding carboxylic acids is 1. The van der Waals surface area contributed by atoms with Gasteiger partial charge < -0.3 is 10.6 Å². The number of nitro benzene ring substituents is 1. The van der Waals surface area contributed by atoms with Crippen LogP contribution in [0.2, 0.25) is 5.02 Å². The summed E-state index contributed by atoms with van der Waals surface area (Å²) in [5.41, 5.74) is 3.08. The first-order valence-electron chi connectivity index (χ1n) is 6.92. The highest BCUT2D eigenvalue weighted by Crippen LogP contribution is 2.27. The van der Waals surface area contributed by atoms with Crippen molar-refractivity contribution in [3.63, 3.8) is 0 Å². The van der Waals surface area contributed by atoms with Gasteiger partial charge >= 0.3 is 0 Å². The van der Waals surface area contributed by atoms with Gasteiger partial charge in [-0.25, -0.2) is 0 Å². The Morgan fingerprint density at radius 2 is 1.96 bits per heavy atom. The molecule has 2 aromatic carbocycles. The summed E-state index contributed by atoms with van der Waals surface area (Å²) in [5.74, 6) is -0.241. The molecule has 23 heavy (non-hydrogen) atoms. The van der Waals surface area contributed by atoms with Gasteiger partial charge in [0.05, 0.1) is 11.5 Å². The van der Waals surface area contributed by atoms with Gasteiger partial charge in [-0.2, -0.15) is 0 Å². The van der Waals surface area contributed by atoms with Crippen molar-refractivity contribution in [1.82, 2.24) is 0 Å². The Kier molecular flexibility index (Phi) is 5.18. The number of carbonyl (C=O) groups is 1. The molecule has 0 saturated carbocycles. The predicted molar refractivity (Wildman–Crippen MR) is 91.1 cm³/mol. The third-order valence-corrected chi connectivity index (χ3v) is 3.57. The first-order valence-corrected chi connectivity index (χ1v) is 7.29. The molecule has 0 unspecified atom stereocenters. The molecule has 0 spiro atoms. The average Bonchev–Trinajstić information content (AvgIpc) is 2.49. The molecule has 0 aliphatic heterocycles. The van der Waals surface area contributed by atoms with Crippen LogP contribution in [0.1, 0.15) is 11.1 Å². The van der Waals surface area contributed by atoms with E-state index >= 15 is 0 Å². The van der Waals surface area contributed by atoms with E-state index in [2.05, 4.69) is 10.6 Å². The Morgan fingerprint density at radius 1 is 1.22 bits per heavy atom. The van der Waals surface area contributed by atoms with Gasteiger partial charge in [-0.3, -0.25) is 14.9 Å². The third kappa shape index (κ3) is 4.43. The highest BCUT2D eigenvalue weighted by Gasteiger charge is 2.13. The molecule has 0 aliphatic carbocycles. The lowest BCUT2D eigenvalue weighted by atomic mass is 10.1. The maximum Gasteiger partial charge on any atom is 0.289 e. The molecule has 0 saturated heterocycles. The molecular weight excluding hydrogens is 318 g/mol. The molecule has 7 heteroatoms. The fourth-order valence-electron chi connectivity index (χ4n) is 2.09. The Morgan fingerprint density at radius 3 is 2.61 bits per heavy atom. The summed E-state index contributed by atoms with van der Waals surface area (Å²) in [6.45, 7) is 3.89. The smallest absolute Gasteiger partial charge is 0.289 e. The second-order valence-corrected chi connectivity index (χ2v) is 5.55. The molecule has 2 aromatic rings. The Labute approximate surface area is 138 Å². The fourth-order valence-corrected chi connectivity index (χ4v) is 2.28. The lowest BCUT2D eigenvalue weighted by Gasteiger charge is -2.10. The number of aryl methyl sites for hydroxylation is 2. The van der Waals surface area contributed by atoms with E-state index in [0.29, 0.717) is 5.69 Å². The van der Waals surface area contributed by atoms with Crippen molar-refractivity contribution in [3.8, 4) is 0 Å². The van der Waals surface area contributed by atoms with E-state index in [0.717, 1.165) is 16.8 Å². The van der Waals surface area contributed by atoms with Crippen molar-refractivity contribution < 1.29 is 9.72 Å². The van der Waals surface area contributed by atoms with Gasteiger partial charge in [-0.1, -0.05) is 29.3 Å². The van der Waals surface area contributed by atoms with E-state index in [4.69, 9.17) is 11.6 Å². The van der Waals surface area contributed by atoms with Crippen LogP contribution in [0.15, 0.2) is 36.4 Å². The lowest BCUT2D eigenvalue weighted by molar-refractivity contribution is -0.384. The largest absolute Gasteiger partial charge is 0.376 e. The van der Waals surface area contributed by atoms with E-state index < -0.39 is 4.92 Å². The van der Waals surface area contributed by atoms with Crippen LogP contribution >= 0.6 is 11.6 Å². The molecule has 0 fully saturated rings. The number of anilines is 2. The highest BCUT2D eigenvalue weighted by molar-refractivity contribution is 6.32. The maximum absolute atomic E-state index is 12.0. The Balaban J connectivity index is 1.99. The van der Waals surface area contributed by atoms with Gasteiger partial charge in [0, 0.05) is 17.4 Å². The van der Waals surface area contributed by atoms with E-state index in [-0.39, 0.29) is 23.2 Å². The molecule has 6 nitrogen and oxygen atoms in total. The van der Waals surface area contributed by atoms with Crippen LogP contribution in [-0.2, 0) is 4.79 Å². The number of nitro groups is 1. The van der Waals surface area contributed by atoms with Crippen molar-refractivity contribution >= 4 is 34.6 Å². The highest BCUT2D eigenvalue weighted by atomic mass is 35.5. The number of amides is 1. The summed E-state index contributed by atoms with van der Waals surface area (Å²) < 4.78 is 0. The van der Waals surface area contributed by atoms with Crippen molar-refractivity contribution in [1.29, 1.82) is 0 Å². The molecule has 0 radical (unpaired) electrons. The third-order valence-electron chi connectivity index (χ3n) is 3.25. The van der Waals surface area contributed by atoms with Crippen molar-refractivity contribution in [3.05, 3.63) is 62.7 Å². The number of benzene rings is 2. The van der Waals surface area contributed by atoms with Gasteiger partial charge in [0.15, 0.2) is 0 Å². The van der Waals surface area contributed by atoms with Crippen LogP contribution in [0.4, 0.5) is 17.1 Å². The molecule has 2 N–H and O–H groups in total. The monoisotopic (exact) mass is 333 g/mol. The minimum atomic E-state index is -0.566. The van der Waals surface area contributed by atoms with Crippen LogP contribution in [0, 0.1) is 24.0 Å². The SMILES string of the molecule is Cc1ccc(NC(=O)CNc2ccc(Cl)c([N+](=O)[O-])c2)c(C)c1. The second-order valence-electron chi connectivity index (χ2n) is 5.14. The average molecular weight is 334 g/mol. The summed E-state index contributed by atoms with van der Waals surface area (Å²) >= 11 is 5.74. The molecule has 0 heterocycles. The van der Waals surface area contributed by atoms with Crippen LogP contribution in [0.5, 0.6) is 0 Å². The Bertz CT molecular complexity index is 762. The predicted octanol–water partition coefficient (Wildman–Crippen LogP) is 3.92. The Hall–Kier alpha value is -2.60. The minimum absolute atomic E-state index is 0.00783. The van der Waals surface area contributed by atoms with Crippen molar-refractivity contribution in [2.24, 2.45) is 0 Å². The zero-order valence-corrected chi connectivity index (χ0v) is 13.5. The summed E-state index contributed by atoms with van der Waals surface area (Å²) in [4.78, 5) is 22.2. The first kappa shape index (κ1) is 16.8. The number of nitrogens with zero attached hydrogens (tertiary/aromatic N) is 1.